The maximum absolute atomic E-state index is 12.2. The molecule has 4 nitrogen and oxygen atoms in total. The Labute approximate surface area is 129 Å². The van der Waals surface area contributed by atoms with Crippen LogP contribution < -0.4 is 11.1 Å². The van der Waals surface area contributed by atoms with Crippen LogP contribution in [-0.4, -0.2) is 17.1 Å². The van der Waals surface area contributed by atoms with Crippen molar-refractivity contribution in [2.45, 2.75) is 25.6 Å². The molecule has 3 N–H and O–H groups in total. The van der Waals surface area contributed by atoms with Crippen molar-refractivity contribution < 1.29 is 18.0 Å². The fourth-order valence-corrected chi connectivity index (χ4v) is 2.45. The van der Waals surface area contributed by atoms with Gasteiger partial charge in [0.1, 0.15) is 10.7 Å². The highest BCUT2D eigenvalue weighted by atomic mass is 32.1. The number of benzene rings is 1. The third kappa shape index (κ3) is 4.81. The molecule has 0 unspecified atom stereocenters. The normalized spacial score (nSPS) is 11.5. The summed E-state index contributed by atoms with van der Waals surface area (Å²) in [6.07, 6.45) is -5.21. The number of nitrogens with two attached hydrogens (primary N) is 1. The first kappa shape index (κ1) is 16.4. The Hall–Kier alpha value is -1.93. The van der Waals surface area contributed by atoms with Crippen LogP contribution in [0.1, 0.15) is 27.5 Å². The van der Waals surface area contributed by atoms with Gasteiger partial charge in [-0.2, -0.15) is 13.2 Å². The Bertz CT molecular complexity index is 655. The lowest BCUT2D eigenvalue weighted by atomic mass is 10.1. The molecule has 2 rings (SSSR count). The molecule has 22 heavy (non-hydrogen) atoms. The highest BCUT2D eigenvalue weighted by molar-refractivity contribution is 7.09. The summed E-state index contributed by atoms with van der Waals surface area (Å²) in [5.74, 6) is -0.413. The van der Waals surface area contributed by atoms with Crippen LogP contribution >= 0.6 is 11.3 Å². The SMILES string of the molecule is NCc1nc(C(=O)Nc2cccc(CCC(F)(F)F)c2)cs1. The number of rotatable bonds is 5. The van der Waals surface area contributed by atoms with E-state index in [1.165, 1.54) is 17.4 Å². The molecule has 0 fully saturated rings. The van der Waals surface area contributed by atoms with Gasteiger partial charge in [0.15, 0.2) is 0 Å². The summed E-state index contributed by atoms with van der Waals surface area (Å²) in [6, 6.07) is 6.34. The summed E-state index contributed by atoms with van der Waals surface area (Å²) in [6.45, 7) is 0.255. The number of halogens is 3. The van der Waals surface area contributed by atoms with Gasteiger partial charge in [0.25, 0.3) is 5.91 Å². The fraction of sp³-hybridized carbons (Fsp3) is 0.286. The zero-order valence-electron chi connectivity index (χ0n) is 11.5. The minimum absolute atomic E-state index is 0.124. The van der Waals surface area contributed by atoms with Gasteiger partial charge in [0.05, 0.1) is 0 Å². The Balaban J connectivity index is 2.02. The molecule has 0 atom stereocenters. The van der Waals surface area contributed by atoms with E-state index in [-0.39, 0.29) is 18.7 Å². The van der Waals surface area contributed by atoms with Crippen LogP contribution in [0.25, 0.3) is 0 Å². The summed E-state index contributed by atoms with van der Waals surface area (Å²) in [4.78, 5) is 16.0. The van der Waals surface area contributed by atoms with Crippen LogP contribution in [0.3, 0.4) is 0 Å². The lowest BCUT2D eigenvalue weighted by Crippen LogP contribution is -2.13. The van der Waals surface area contributed by atoms with Gasteiger partial charge in [0.2, 0.25) is 0 Å². The van der Waals surface area contributed by atoms with E-state index in [4.69, 9.17) is 5.73 Å². The molecule has 0 saturated heterocycles. The standard InChI is InChI=1S/C14H14F3N3OS/c15-14(16,17)5-4-9-2-1-3-10(6-9)19-13(21)11-8-22-12(7-18)20-11/h1-3,6,8H,4-5,7,18H2,(H,19,21). The first-order chi connectivity index (χ1) is 10.4. The monoisotopic (exact) mass is 329 g/mol. The molecule has 0 bridgehead atoms. The zero-order valence-corrected chi connectivity index (χ0v) is 12.3. The van der Waals surface area contributed by atoms with Crippen molar-refractivity contribution >= 4 is 22.9 Å². The number of hydrogen-bond acceptors (Lipinski definition) is 4. The molecular formula is C14H14F3N3OS. The molecular weight excluding hydrogens is 315 g/mol. The van der Waals surface area contributed by atoms with Gasteiger partial charge in [-0.05, 0) is 24.1 Å². The molecule has 1 aromatic heterocycles. The van der Waals surface area contributed by atoms with Crippen LogP contribution in [-0.2, 0) is 13.0 Å². The summed E-state index contributed by atoms with van der Waals surface area (Å²) in [5.41, 5.74) is 6.62. The highest BCUT2D eigenvalue weighted by Gasteiger charge is 2.26. The Morgan fingerprint density at radius 3 is 2.77 bits per heavy atom. The molecule has 1 amide bonds. The number of nitrogens with zero attached hydrogens (tertiary/aromatic N) is 1. The smallest absolute Gasteiger partial charge is 0.325 e. The summed E-state index contributed by atoms with van der Waals surface area (Å²) < 4.78 is 36.7. The predicted molar refractivity (Wildman–Crippen MR) is 78.8 cm³/mol. The minimum atomic E-state index is -4.20. The second-order valence-corrected chi connectivity index (χ2v) is 5.54. The van der Waals surface area contributed by atoms with E-state index in [2.05, 4.69) is 10.3 Å². The average molecular weight is 329 g/mol. The first-order valence-electron chi connectivity index (χ1n) is 6.49. The maximum atomic E-state index is 12.2. The van der Waals surface area contributed by atoms with Gasteiger partial charge >= 0.3 is 6.18 Å². The minimum Gasteiger partial charge on any atom is -0.325 e. The van der Waals surface area contributed by atoms with Crippen molar-refractivity contribution in [2.75, 3.05) is 5.32 Å². The van der Waals surface area contributed by atoms with Crippen LogP contribution in [0, 0.1) is 0 Å². The second-order valence-electron chi connectivity index (χ2n) is 4.60. The Kier molecular flexibility index (Phi) is 5.15. The Morgan fingerprint density at radius 1 is 1.36 bits per heavy atom. The van der Waals surface area contributed by atoms with Gasteiger partial charge in [-0.3, -0.25) is 4.79 Å². The Morgan fingerprint density at radius 2 is 2.14 bits per heavy atom. The summed E-state index contributed by atoms with van der Waals surface area (Å²) >= 11 is 1.28. The van der Waals surface area contributed by atoms with E-state index in [1.807, 2.05) is 0 Å². The third-order valence-electron chi connectivity index (χ3n) is 2.84. The van der Waals surface area contributed by atoms with Gasteiger partial charge in [-0.1, -0.05) is 12.1 Å². The number of hydrogen-bond donors (Lipinski definition) is 2. The molecule has 0 aliphatic carbocycles. The summed E-state index contributed by atoms with van der Waals surface area (Å²) in [5, 5.41) is 4.85. The number of anilines is 1. The van der Waals surface area contributed by atoms with Crippen molar-refractivity contribution in [3.8, 4) is 0 Å². The molecule has 8 heteroatoms. The van der Waals surface area contributed by atoms with Crippen molar-refractivity contribution in [2.24, 2.45) is 5.73 Å². The molecule has 2 aromatic rings. The number of carbonyl (C=O) groups excluding carboxylic acids is 1. The lowest BCUT2D eigenvalue weighted by molar-refractivity contribution is -0.133. The molecule has 1 heterocycles. The highest BCUT2D eigenvalue weighted by Crippen LogP contribution is 2.23. The number of alkyl halides is 3. The molecule has 118 valence electrons. The van der Waals surface area contributed by atoms with E-state index in [0.717, 1.165) is 0 Å². The molecule has 0 aliphatic rings. The largest absolute Gasteiger partial charge is 0.389 e. The van der Waals surface area contributed by atoms with Crippen molar-refractivity contribution in [1.29, 1.82) is 0 Å². The molecule has 0 spiro atoms. The zero-order chi connectivity index (χ0) is 16.2. The van der Waals surface area contributed by atoms with Gasteiger partial charge in [0, 0.05) is 24.0 Å². The van der Waals surface area contributed by atoms with Gasteiger partial charge in [-0.25, -0.2) is 4.98 Å². The van der Waals surface area contributed by atoms with E-state index >= 15 is 0 Å². The van der Waals surface area contributed by atoms with Crippen LogP contribution in [0.4, 0.5) is 18.9 Å². The van der Waals surface area contributed by atoms with Crippen LogP contribution in [0.2, 0.25) is 0 Å². The number of aromatic nitrogens is 1. The van der Waals surface area contributed by atoms with E-state index in [9.17, 15) is 18.0 Å². The summed E-state index contributed by atoms with van der Waals surface area (Å²) in [7, 11) is 0. The molecule has 0 radical (unpaired) electrons. The van der Waals surface area contributed by atoms with Crippen LogP contribution in [0.5, 0.6) is 0 Å². The van der Waals surface area contributed by atoms with Crippen molar-refractivity contribution in [3.63, 3.8) is 0 Å². The van der Waals surface area contributed by atoms with Crippen LogP contribution in [0.15, 0.2) is 29.6 Å². The number of carbonyl (C=O) groups is 1. The number of thiazole rings is 1. The number of aryl methyl sites for hydroxylation is 1. The number of nitrogens with one attached hydrogen (secondary N) is 1. The topological polar surface area (TPSA) is 68.0 Å². The fourth-order valence-electron chi connectivity index (χ4n) is 1.79. The van der Waals surface area contributed by atoms with Crippen molar-refractivity contribution in [1.82, 2.24) is 4.98 Å². The predicted octanol–water partition coefficient (Wildman–Crippen LogP) is 3.35. The first-order valence-corrected chi connectivity index (χ1v) is 7.37. The van der Waals surface area contributed by atoms with Gasteiger partial charge < -0.3 is 11.1 Å². The molecule has 0 aliphatic heterocycles. The lowest BCUT2D eigenvalue weighted by Gasteiger charge is -2.08. The molecule has 0 saturated carbocycles. The second kappa shape index (κ2) is 6.89. The van der Waals surface area contributed by atoms with Crippen molar-refractivity contribution in [3.05, 3.63) is 45.9 Å². The number of amides is 1. The quantitative estimate of drug-likeness (QED) is 0.884. The van der Waals surface area contributed by atoms with Gasteiger partial charge in [-0.15, -0.1) is 11.3 Å². The maximum Gasteiger partial charge on any atom is 0.389 e. The van der Waals surface area contributed by atoms with E-state index in [0.29, 0.717) is 16.3 Å². The molecule has 1 aromatic carbocycles. The average Bonchev–Trinajstić information content (AvgIpc) is 2.94. The van der Waals surface area contributed by atoms with E-state index < -0.39 is 18.5 Å². The van der Waals surface area contributed by atoms with E-state index in [1.54, 1.807) is 23.6 Å². The third-order valence-corrected chi connectivity index (χ3v) is 3.71.